The number of carbonyl (C=O) groups is 1. The molecule has 9 heteroatoms. The summed E-state index contributed by atoms with van der Waals surface area (Å²) >= 11 is 0. The Hall–Kier alpha value is -3.23. The summed E-state index contributed by atoms with van der Waals surface area (Å²) in [7, 11) is 0. The number of nitrogens with zero attached hydrogens (tertiary/aromatic N) is 7. The molecule has 31 heavy (non-hydrogen) atoms. The number of aryl methyl sites for hydroxylation is 1. The molecule has 1 amide bonds. The van der Waals surface area contributed by atoms with Crippen molar-refractivity contribution in [2.45, 2.75) is 45.1 Å². The first-order valence-electron chi connectivity index (χ1n) is 11.0. The highest BCUT2D eigenvalue weighted by atomic mass is 16.5. The molecule has 2 fully saturated rings. The Labute approximate surface area is 181 Å². The first-order valence-corrected chi connectivity index (χ1v) is 11.0. The Morgan fingerprint density at radius 1 is 1.00 bits per heavy atom. The van der Waals surface area contributed by atoms with E-state index >= 15 is 0 Å². The van der Waals surface area contributed by atoms with Crippen LogP contribution in [0.4, 0.5) is 5.82 Å². The van der Waals surface area contributed by atoms with Gasteiger partial charge in [-0.05, 0) is 57.2 Å². The minimum atomic E-state index is 0.0137. The van der Waals surface area contributed by atoms with Gasteiger partial charge in [-0.2, -0.15) is 4.52 Å². The molecule has 0 aromatic carbocycles. The highest BCUT2D eigenvalue weighted by Gasteiger charge is 2.22. The first kappa shape index (κ1) is 19.7. The zero-order chi connectivity index (χ0) is 21.2. The van der Waals surface area contributed by atoms with Crippen LogP contribution in [0.15, 0.2) is 30.5 Å². The lowest BCUT2D eigenvalue weighted by atomic mass is 10.2. The third-order valence-electron chi connectivity index (χ3n) is 6.08. The van der Waals surface area contributed by atoms with Gasteiger partial charge in [-0.15, -0.1) is 15.3 Å². The average Bonchev–Trinajstić information content (AvgIpc) is 3.36. The van der Waals surface area contributed by atoms with Gasteiger partial charge in [-0.3, -0.25) is 4.79 Å². The molecule has 0 spiro atoms. The maximum atomic E-state index is 13.0. The Morgan fingerprint density at radius 3 is 2.68 bits per heavy atom. The van der Waals surface area contributed by atoms with E-state index in [0.717, 1.165) is 49.6 Å². The normalized spacial score (nSPS) is 17.8. The van der Waals surface area contributed by atoms with E-state index < -0.39 is 0 Å². The van der Waals surface area contributed by atoms with Gasteiger partial charge in [0.25, 0.3) is 5.91 Å². The Kier molecular flexibility index (Phi) is 5.40. The van der Waals surface area contributed by atoms with Crippen LogP contribution >= 0.6 is 0 Å². The van der Waals surface area contributed by atoms with Crippen LogP contribution in [0, 0.1) is 6.92 Å². The third kappa shape index (κ3) is 4.17. The molecule has 0 N–H and O–H groups in total. The molecule has 9 nitrogen and oxygen atoms in total. The molecule has 0 bridgehead atoms. The van der Waals surface area contributed by atoms with Crippen molar-refractivity contribution >= 4 is 17.4 Å². The van der Waals surface area contributed by atoms with Crippen LogP contribution in [0.2, 0.25) is 0 Å². The van der Waals surface area contributed by atoms with E-state index in [0.29, 0.717) is 24.5 Å². The lowest BCUT2D eigenvalue weighted by Gasteiger charge is -2.23. The molecule has 1 saturated carbocycles. The molecule has 162 valence electrons. The Balaban J connectivity index is 1.23. The van der Waals surface area contributed by atoms with Gasteiger partial charge in [-0.25, -0.2) is 4.98 Å². The van der Waals surface area contributed by atoms with Gasteiger partial charge in [0.2, 0.25) is 5.88 Å². The monoisotopic (exact) mass is 421 g/mol. The molecule has 1 saturated heterocycles. The average molecular weight is 422 g/mol. The van der Waals surface area contributed by atoms with Gasteiger partial charge in [0.1, 0.15) is 11.9 Å². The Morgan fingerprint density at radius 2 is 1.87 bits per heavy atom. The van der Waals surface area contributed by atoms with Crippen LogP contribution in [0.25, 0.3) is 5.65 Å². The summed E-state index contributed by atoms with van der Waals surface area (Å²) in [5.74, 6) is 2.26. The highest BCUT2D eigenvalue weighted by molar-refractivity contribution is 5.94. The van der Waals surface area contributed by atoms with Gasteiger partial charge >= 0.3 is 0 Å². The summed E-state index contributed by atoms with van der Waals surface area (Å²) in [6.07, 6.45) is 7.39. The van der Waals surface area contributed by atoms with Crippen molar-refractivity contribution < 1.29 is 9.53 Å². The lowest BCUT2D eigenvalue weighted by molar-refractivity contribution is 0.0766. The molecule has 3 aromatic rings. The molecule has 1 aliphatic carbocycles. The topological polar surface area (TPSA) is 88.8 Å². The lowest BCUT2D eigenvalue weighted by Crippen LogP contribution is -2.35. The fourth-order valence-corrected chi connectivity index (χ4v) is 4.34. The van der Waals surface area contributed by atoms with Crippen molar-refractivity contribution in [1.82, 2.24) is 29.7 Å². The van der Waals surface area contributed by atoms with E-state index in [4.69, 9.17) is 4.74 Å². The number of amides is 1. The van der Waals surface area contributed by atoms with Gasteiger partial charge in [0.15, 0.2) is 11.5 Å². The minimum Gasteiger partial charge on any atom is -0.474 e. The molecule has 0 radical (unpaired) electrons. The number of carbonyl (C=O) groups excluding carboxylic acids is 1. The number of ether oxygens (including phenoxy) is 1. The van der Waals surface area contributed by atoms with Gasteiger partial charge < -0.3 is 14.5 Å². The summed E-state index contributed by atoms with van der Waals surface area (Å²) in [5.41, 5.74) is 1.34. The summed E-state index contributed by atoms with van der Waals surface area (Å²) < 4.78 is 7.67. The van der Waals surface area contributed by atoms with Crippen molar-refractivity contribution in [3.63, 3.8) is 0 Å². The third-order valence-corrected chi connectivity index (χ3v) is 6.08. The Bertz CT molecular complexity index is 1060. The number of aromatic nitrogens is 5. The standard InChI is InChI=1S/C22H27N7O2/c1-16-24-25-19-8-9-20(26-29(16)19)27-11-4-12-28(14-13-27)22(30)17-7-10-21(23-15-17)31-18-5-2-3-6-18/h7-10,15,18H,2-6,11-14H2,1H3. The SMILES string of the molecule is Cc1nnc2ccc(N3CCCN(C(=O)c4ccc(OC5CCCC5)nc4)CC3)nn12. The van der Waals surface area contributed by atoms with Crippen LogP contribution in [0.5, 0.6) is 5.88 Å². The highest BCUT2D eigenvalue weighted by Crippen LogP contribution is 2.23. The van der Waals surface area contributed by atoms with Crippen LogP contribution in [0.3, 0.4) is 0 Å². The van der Waals surface area contributed by atoms with Crippen molar-refractivity contribution in [3.8, 4) is 5.88 Å². The number of anilines is 1. The maximum Gasteiger partial charge on any atom is 0.255 e. The fraction of sp³-hybridized carbons (Fsp3) is 0.500. The molecule has 0 atom stereocenters. The molecule has 5 rings (SSSR count). The van der Waals surface area contributed by atoms with Crippen LogP contribution in [-0.2, 0) is 0 Å². The fourth-order valence-electron chi connectivity index (χ4n) is 4.34. The second-order valence-electron chi connectivity index (χ2n) is 8.25. The molecule has 4 heterocycles. The quantitative estimate of drug-likeness (QED) is 0.639. The number of hydrogen-bond donors (Lipinski definition) is 0. The largest absolute Gasteiger partial charge is 0.474 e. The summed E-state index contributed by atoms with van der Waals surface area (Å²) in [6.45, 7) is 4.80. The number of fused-ring (bicyclic) bond motifs is 1. The summed E-state index contributed by atoms with van der Waals surface area (Å²) in [6, 6.07) is 7.54. The molecule has 0 unspecified atom stereocenters. The predicted octanol–water partition coefficient (Wildman–Crippen LogP) is 2.50. The number of hydrogen-bond acceptors (Lipinski definition) is 7. The van der Waals surface area contributed by atoms with E-state index in [1.807, 2.05) is 36.1 Å². The van der Waals surface area contributed by atoms with Crippen LogP contribution < -0.4 is 9.64 Å². The second-order valence-corrected chi connectivity index (χ2v) is 8.25. The number of rotatable bonds is 4. The van der Waals surface area contributed by atoms with Gasteiger partial charge in [-0.1, -0.05) is 0 Å². The van der Waals surface area contributed by atoms with Crippen LogP contribution in [0.1, 0.15) is 48.3 Å². The van der Waals surface area contributed by atoms with Crippen molar-refractivity contribution in [3.05, 3.63) is 41.9 Å². The second kappa shape index (κ2) is 8.49. The van der Waals surface area contributed by atoms with Crippen molar-refractivity contribution in [2.75, 3.05) is 31.1 Å². The number of pyridine rings is 1. The van der Waals surface area contributed by atoms with E-state index in [9.17, 15) is 4.79 Å². The van der Waals surface area contributed by atoms with E-state index in [2.05, 4.69) is 25.2 Å². The molecule has 3 aromatic heterocycles. The van der Waals surface area contributed by atoms with Crippen molar-refractivity contribution in [1.29, 1.82) is 0 Å². The van der Waals surface area contributed by atoms with E-state index in [-0.39, 0.29) is 12.0 Å². The maximum absolute atomic E-state index is 13.0. The molecular weight excluding hydrogens is 394 g/mol. The summed E-state index contributed by atoms with van der Waals surface area (Å²) in [4.78, 5) is 21.5. The van der Waals surface area contributed by atoms with Gasteiger partial charge in [0.05, 0.1) is 5.56 Å². The first-order chi connectivity index (χ1) is 15.2. The van der Waals surface area contributed by atoms with E-state index in [1.54, 1.807) is 10.7 Å². The molecular formula is C22H27N7O2. The smallest absolute Gasteiger partial charge is 0.255 e. The zero-order valence-electron chi connectivity index (χ0n) is 17.8. The minimum absolute atomic E-state index is 0.0137. The van der Waals surface area contributed by atoms with Crippen LogP contribution in [-0.4, -0.2) is 67.9 Å². The zero-order valence-corrected chi connectivity index (χ0v) is 17.8. The molecule has 1 aliphatic heterocycles. The van der Waals surface area contributed by atoms with Gasteiger partial charge in [0, 0.05) is 38.4 Å². The molecule has 2 aliphatic rings. The van der Waals surface area contributed by atoms with Crippen molar-refractivity contribution in [2.24, 2.45) is 0 Å². The van der Waals surface area contributed by atoms with E-state index in [1.165, 1.54) is 12.8 Å². The predicted molar refractivity (Wildman–Crippen MR) is 115 cm³/mol. The summed E-state index contributed by atoms with van der Waals surface area (Å²) in [5, 5.41) is 12.8.